The predicted octanol–water partition coefficient (Wildman–Crippen LogP) is 26.0. The molecule has 0 fully saturated rings. The number of rotatable bonds is 83. The highest BCUT2D eigenvalue weighted by Crippen LogP contribution is 2.45. The van der Waals surface area contributed by atoms with Crippen LogP contribution in [0.15, 0.2) is 24.3 Å². The molecule has 19 heteroatoms. The van der Waals surface area contributed by atoms with Gasteiger partial charge in [-0.3, -0.25) is 37.3 Å². The summed E-state index contributed by atoms with van der Waals surface area (Å²) in [6.07, 6.45) is 70.3. The summed E-state index contributed by atoms with van der Waals surface area (Å²) < 4.78 is 68.8. The normalized spacial score (nSPS) is 14.3. The molecule has 3 N–H and O–H groups in total. The van der Waals surface area contributed by atoms with Crippen LogP contribution in [0.2, 0.25) is 0 Å². The fourth-order valence-corrected chi connectivity index (χ4v) is 14.6. The Balaban J connectivity index is 5.23. The van der Waals surface area contributed by atoms with Gasteiger partial charge in [-0.1, -0.05) is 381 Å². The van der Waals surface area contributed by atoms with E-state index in [1.54, 1.807) is 0 Å². The van der Waals surface area contributed by atoms with Crippen LogP contribution in [0.1, 0.15) is 434 Å². The minimum Gasteiger partial charge on any atom is -0.462 e. The van der Waals surface area contributed by atoms with E-state index >= 15 is 0 Å². The summed E-state index contributed by atoms with van der Waals surface area (Å²) in [4.78, 5) is 73.2. The molecule has 0 rings (SSSR count). The van der Waals surface area contributed by atoms with E-state index in [4.69, 9.17) is 37.0 Å². The number of ether oxygens (including phenoxy) is 4. The van der Waals surface area contributed by atoms with Gasteiger partial charge in [-0.2, -0.15) is 0 Å². The lowest BCUT2D eigenvalue weighted by Crippen LogP contribution is -2.30. The van der Waals surface area contributed by atoms with Gasteiger partial charge in [0.15, 0.2) is 12.2 Å². The first kappa shape index (κ1) is 104. The zero-order valence-corrected chi connectivity index (χ0v) is 71.2. The van der Waals surface area contributed by atoms with Crippen molar-refractivity contribution in [3.05, 3.63) is 24.3 Å². The molecule has 0 bridgehead atoms. The Kier molecular flexibility index (Phi) is 74.7. The van der Waals surface area contributed by atoms with E-state index in [0.717, 1.165) is 127 Å². The SMILES string of the molecule is CCCCCC/C=C\C=C/CCCCCCCC(=O)OC[C@H](COP(=O)(O)OCC(O)COP(=O)(O)OC[C@@H](COC(=O)CCCCCCCCCC(C)C)OC(=O)CCCCCCCCCCCCCCCCCCCCC(C)CC)OC(=O)CCCCCCCCCCCCCCCCCCC(C)C. The maximum Gasteiger partial charge on any atom is 0.472 e. The van der Waals surface area contributed by atoms with Crippen molar-refractivity contribution in [2.45, 2.75) is 452 Å². The molecule has 106 heavy (non-hydrogen) atoms. The van der Waals surface area contributed by atoms with E-state index < -0.39 is 97.5 Å². The molecule has 0 saturated carbocycles. The van der Waals surface area contributed by atoms with Crippen LogP contribution in [0.3, 0.4) is 0 Å². The lowest BCUT2D eigenvalue weighted by Gasteiger charge is -2.21. The molecule has 0 saturated heterocycles. The summed E-state index contributed by atoms with van der Waals surface area (Å²) in [7, 11) is -9.94. The van der Waals surface area contributed by atoms with Crippen LogP contribution in [-0.2, 0) is 65.4 Å². The first-order valence-corrected chi connectivity index (χ1v) is 47.2. The number of allylic oxidation sites excluding steroid dienone is 4. The fraction of sp³-hybridized carbons (Fsp3) is 0.908. The Hall–Kier alpha value is -2.46. The van der Waals surface area contributed by atoms with E-state index in [2.05, 4.69) is 72.8 Å². The summed E-state index contributed by atoms with van der Waals surface area (Å²) in [5, 5.41) is 10.7. The molecule has 0 amide bonds. The zero-order chi connectivity index (χ0) is 77.9. The van der Waals surface area contributed by atoms with Crippen molar-refractivity contribution < 1.29 is 80.2 Å². The Morgan fingerprint density at radius 1 is 0.311 bits per heavy atom. The van der Waals surface area contributed by atoms with Gasteiger partial charge >= 0.3 is 39.5 Å². The minimum absolute atomic E-state index is 0.101. The molecule has 0 aromatic heterocycles. The topological polar surface area (TPSA) is 237 Å². The molecule has 0 radical (unpaired) electrons. The molecule has 6 atom stereocenters. The van der Waals surface area contributed by atoms with Gasteiger partial charge in [0, 0.05) is 25.7 Å². The van der Waals surface area contributed by atoms with Gasteiger partial charge < -0.3 is 33.8 Å². The highest BCUT2D eigenvalue weighted by molar-refractivity contribution is 7.47. The van der Waals surface area contributed by atoms with E-state index in [-0.39, 0.29) is 25.7 Å². The van der Waals surface area contributed by atoms with Crippen LogP contribution in [0.5, 0.6) is 0 Å². The Morgan fingerprint density at radius 2 is 0.557 bits per heavy atom. The van der Waals surface area contributed by atoms with E-state index in [0.29, 0.717) is 31.6 Å². The third-order valence-electron chi connectivity index (χ3n) is 20.1. The second-order valence-electron chi connectivity index (χ2n) is 31.8. The molecular formula is C87H166O17P2. The molecule has 4 unspecified atom stereocenters. The Bertz CT molecular complexity index is 2140. The van der Waals surface area contributed by atoms with Crippen molar-refractivity contribution >= 4 is 39.5 Å². The first-order chi connectivity index (χ1) is 51.3. The highest BCUT2D eigenvalue weighted by atomic mass is 31.2. The highest BCUT2D eigenvalue weighted by Gasteiger charge is 2.30. The molecule has 0 aliphatic rings. The predicted molar refractivity (Wildman–Crippen MR) is 437 cm³/mol. The van der Waals surface area contributed by atoms with Crippen molar-refractivity contribution in [1.82, 2.24) is 0 Å². The lowest BCUT2D eigenvalue weighted by atomic mass is 9.99. The summed E-state index contributed by atoms with van der Waals surface area (Å²) in [6.45, 7) is 12.0. The summed E-state index contributed by atoms with van der Waals surface area (Å²) in [5.41, 5.74) is 0. The third kappa shape index (κ3) is 78.2. The molecule has 626 valence electrons. The zero-order valence-electron chi connectivity index (χ0n) is 69.4. The van der Waals surface area contributed by atoms with Crippen molar-refractivity contribution in [3.8, 4) is 0 Å². The van der Waals surface area contributed by atoms with Crippen LogP contribution < -0.4 is 0 Å². The molecular weight excluding hydrogens is 1380 g/mol. The Labute approximate surface area is 650 Å². The van der Waals surface area contributed by atoms with Gasteiger partial charge in [0.25, 0.3) is 0 Å². The number of unbranched alkanes of at least 4 members (excludes halogenated alkanes) is 47. The lowest BCUT2D eigenvalue weighted by molar-refractivity contribution is -0.161. The quantitative estimate of drug-likeness (QED) is 0.0169. The minimum atomic E-state index is -4.97. The Morgan fingerprint density at radius 3 is 0.840 bits per heavy atom. The van der Waals surface area contributed by atoms with E-state index in [1.165, 1.54) is 218 Å². The average molecular weight is 1550 g/mol. The summed E-state index contributed by atoms with van der Waals surface area (Å²) >= 11 is 0. The molecule has 0 aliphatic carbocycles. The van der Waals surface area contributed by atoms with Gasteiger partial charge in [-0.05, 0) is 69.1 Å². The average Bonchev–Trinajstić information content (AvgIpc) is 0.905. The van der Waals surface area contributed by atoms with Crippen LogP contribution in [-0.4, -0.2) is 96.7 Å². The number of carbonyl (C=O) groups excluding carboxylic acids is 4. The van der Waals surface area contributed by atoms with Crippen molar-refractivity contribution in [2.24, 2.45) is 17.8 Å². The van der Waals surface area contributed by atoms with E-state index in [9.17, 15) is 43.2 Å². The van der Waals surface area contributed by atoms with Crippen molar-refractivity contribution in [3.63, 3.8) is 0 Å². The standard InChI is InChI=1S/C87H166O17P2/c1-8-10-11-12-13-14-15-16-23-30-35-40-47-54-61-68-84(89)97-74-82(103-86(91)70-64-57-49-42-37-32-27-22-21-24-28-33-38-44-51-58-65-78(3)4)76-101-105(93,94)99-72-81(88)73-100-106(95,96)102-77-83(75-98-85(90)69-62-55-50-43-45-52-59-66-79(5)6)104-87(92)71-63-56-48-41-36-31-26-20-18-17-19-25-29-34-39-46-53-60-67-80(7)9-2/h14-16,23,78-83,88H,8-13,17-22,24-77H2,1-7H3,(H,93,94)(H,95,96)/b15-14-,23-16-/t80?,81?,82-,83-/m1/s1. The number of hydrogen-bond acceptors (Lipinski definition) is 15. The van der Waals surface area contributed by atoms with Crippen LogP contribution in [0, 0.1) is 17.8 Å². The number of hydrogen-bond donors (Lipinski definition) is 3. The third-order valence-corrected chi connectivity index (χ3v) is 22.0. The molecule has 0 aliphatic heterocycles. The van der Waals surface area contributed by atoms with E-state index in [1.807, 2.05) is 0 Å². The van der Waals surface area contributed by atoms with Crippen LogP contribution in [0.25, 0.3) is 0 Å². The monoisotopic (exact) mass is 1550 g/mol. The second-order valence-corrected chi connectivity index (χ2v) is 34.7. The maximum absolute atomic E-state index is 13.1. The van der Waals surface area contributed by atoms with Gasteiger partial charge in [-0.25, -0.2) is 9.13 Å². The van der Waals surface area contributed by atoms with Gasteiger partial charge in [0.1, 0.15) is 19.3 Å². The number of aliphatic hydroxyl groups is 1. The number of phosphoric acid groups is 2. The van der Waals surface area contributed by atoms with Crippen LogP contribution >= 0.6 is 15.6 Å². The number of aliphatic hydroxyl groups excluding tert-OH is 1. The smallest absolute Gasteiger partial charge is 0.462 e. The summed E-state index contributed by atoms with van der Waals surface area (Å²) in [5.74, 6) is 0.245. The molecule has 17 nitrogen and oxygen atoms in total. The first-order valence-electron chi connectivity index (χ1n) is 44.2. The fourth-order valence-electron chi connectivity index (χ4n) is 13.0. The van der Waals surface area contributed by atoms with Crippen molar-refractivity contribution in [2.75, 3.05) is 39.6 Å². The number of esters is 4. The summed E-state index contributed by atoms with van der Waals surface area (Å²) in [6, 6.07) is 0. The largest absolute Gasteiger partial charge is 0.472 e. The van der Waals surface area contributed by atoms with Crippen molar-refractivity contribution in [1.29, 1.82) is 0 Å². The second kappa shape index (κ2) is 76.5. The van der Waals surface area contributed by atoms with Gasteiger partial charge in [0.2, 0.25) is 0 Å². The molecule has 0 aromatic carbocycles. The van der Waals surface area contributed by atoms with Gasteiger partial charge in [-0.15, -0.1) is 0 Å². The van der Waals surface area contributed by atoms with Gasteiger partial charge in [0.05, 0.1) is 26.4 Å². The maximum atomic E-state index is 13.1. The number of phosphoric ester groups is 2. The molecule has 0 aromatic rings. The van der Waals surface area contributed by atoms with Crippen LogP contribution in [0.4, 0.5) is 0 Å². The molecule has 0 spiro atoms. The molecule has 0 heterocycles. The number of carbonyl (C=O) groups is 4.